The lowest BCUT2D eigenvalue weighted by molar-refractivity contribution is 0.666. The van der Waals surface area contributed by atoms with Gasteiger partial charge in [-0.2, -0.15) is 0 Å². The minimum absolute atomic E-state index is 0.892. The highest BCUT2D eigenvalue weighted by Gasteiger charge is 2.20. The van der Waals surface area contributed by atoms with Crippen LogP contribution in [0.4, 0.5) is 17.1 Å². The molecular formula is C66H44N2O. The molecule has 2 aromatic heterocycles. The topological polar surface area (TPSA) is 21.3 Å². The van der Waals surface area contributed by atoms with Crippen LogP contribution in [-0.2, 0) is 0 Å². The molecule has 0 radical (unpaired) electrons. The van der Waals surface area contributed by atoms with Crippen LogP contribution >= 0.6 is 0 Å². The van der Waals surface area contributed by atoms with Crippen LogP contribution < -0.4 is 4.90 Å². The molecular weight excluding hydrogens is 837 g/mol. The average molecular weight is 881 g/mol. The van der Waals surface area contributed by atoms with Crippen molar-refractivity contribution in [2.45, 2.75) is 0 Å². The van der Waals surface area contributed by atoms with Gasteiger partial charge in [0.15, 0.2) is 5.58 Å². The van der Waals surface area contributed by atoms with E-state index in [0.29, 0.717) is 0 Å². The number of furan rings is 1. The van der Waals surface area contributed by atoms with Crippen LogP contribution in [0, 0.1) is 0 Å². The maximum absolute atomic E-state index is 6.56. The van der Waals surface area contributed by atoms with Crippen molar-refractivity contribution in [3.8, 4) is 61.3 Å². The molecule has 2 heterocycles. The Kier molecular flexibility index (Phi) is 9.84. The fourth-order valence-corrected chi connectivity index (χ4v) is 10.4. The zero-order valence-electron chi connectivity index (χ0n) is 37.7. The predicted octanol–water partition coefficient (Wildman–Crippen LogP) is 18.5. The average Bonchev–Trinajstić information content (AvgIpc) is 3.98. The summed E-state index contributed by atoms with van der Waals surface area (Å²) in [5, 5.41) is 4.65. The number of fused-ring (bicyclic) bond motifs is 6. The Morgan fingerprint density at radius 2 is 0.696 bits per heavy atom. The summed E-state index contributed by atoms with van der Waals surface area (Å²) in [6, 6.07) is 96.0. The van der Waals surface area contributed by atoms with Gasteiger partial charge in [-0.25, -0.2) is 0 Å². The van der Waals surface area contributed by atoms with Crippen LogP contribution in [0.25, 0.3) is 105 Å². The zero-order valence-corrected chi connectivity index (χ0v) is 37.7. The molecule has 0 unspecified atom stereocenters. The molecule has 0 bridgehead atoms. The van der Waals surface area contributed by atoms with Crippen molar-refractivity contribution in [2.75, 3.05) is 4.90 Å². The monoisotopic (exact) mass is 880 g/mol. The number of anilines is 3. The molecule has 11 aromatic carbocycles. The number of aromatic nitrogens is 1. The molecule has 13 aromatic rings. The van der Waals surface area contributed by atoms with Crippen molar-refractivity contribution >= 4 is 60.8 Å². The summed E-state index contributed by atoms with van der Waals surface area (Å²) in [5.74, 6) is 0. The van der Waals surface area contributed by atoms with E-state index in [0.717, 1.165) is 66.8 Å². The minimum atomic E-state index is 0.892. The molecule has 0 fully saturated rings. The van der Waals surface area contributed by atoms with Crippen molar-refractivity contribution in [3.63, 3.8) is 0 Å². The van der Waals surface area contributed by atoms with E-state index in [4.69, 9.17) is 4.42 Å². The lowest BCUT2D eigenvalue weighted by Gasteiger charge is -2.26. The lowest BCUT2D eigenvalue weighted by atomic mass is 9.94. The van der Waals surface area contributed by atoms with E-state index in [9.17, 15) is 0 Å². The molecule has 0 spiro atoms. The molecule has 3 heteroatoms. The molecule has 0 aliphatic carbocycles. The van der Waals surface area contributed by atoms with Gasteiger partial charge in [0.2, 0.25) is 0 Å². The Morgan fingerprint density at radius 3 is 1.26 bits per heavy atom. The van der Waals surface area contributed by atoms with Crippen LogP contribution in [0.5, 0.6) is 0 Å². The molecule has 0 atom stereocenters. The highest BCUT2D eigenvalue weighted by Crippen LogP contribution is 2.42. The highest BCUT2D eigenvalue weighted by molar-refractivity contribution is 6.13. The highest BCUT2D eigenvalue weighted by atomic mass is 16.3. The Labute approximate surface area is 401 Å². The fraction of sp³-hybridized carbons (Fsp3) is 0. The molecule has 324 valence electrons. The van der Waals surface area contributed by atoms with Crippen LogP contribution in [0.1, 0.15) is 0 Å². The van der Waals surface area contributed by atoms with Gasteiger partial charge in [0.05, 0.1) is 16.7 Å². The lowest BCUT2D eigenvalue weighted by Crippen LogP contribution is -2.09. The summed E-state index contributed by atoms with van der Waals surface area (Å²) in [6.07, 6.45) is 0. The largest absolute Gasteiger partial charge is 0.454 e. The van der Waals surface area contributed by atoms with E-state index < -0.39 is 0 Å². The van der Waals surface area contributed by atoms with Crippen molar-refractivity contribution in [1.82, 2.24) is 4.57 Å². The number of para-hydroxylation sites is 3. The number of hydrogen-bond donors (Lipinski definition) is 0. The number of rotatable bonds is 9. The van der Waals surface area contributed by atoms with Gasteiger partial charge in [0, 0.05) is 38.6 Å². The number of benzene rings is 11. The first-order chi connectivity index (χ1) is 34.2. The van der Waals surface area contributed by atoms with Crippen molar-refractivity contribution in [2.24, 2.45) is 0 Å². The third kappa shape index (κ3) is 7.08. The van der Waals surface area contributed by atoms with Gasteiger partial charge in [-0.05, 0) is 122 Å². The molecule has 0 saturated carbocycles. The third-order valence-corrected chi connectivity index (χ3v) is 13.7. The quantitative estimate of drug-likeness (QED) is 0.144. The summed E-state index contributed by atoms with van der Waals surface area (Å²) in [6.45, 7) is 0. The Morgan fingerprint density at radius 1 is 0.275 bits per heavy atom. The Balaban J connectivity index is 0.890. The second-order valence-corrected chi connectivity index (χ2v) is 17.6. The van der Waals surface area contributed by atoms with Gasteiger partial charge in [-0.15, -0.1) is 0 Å². The Hall–Kier alpha value is -9.18. The van der Waals surface area contributed by atoms with Crippen LogP contribution in [-0.4, -0.2) is 4.57 Å². The molecule has 69 heavy (non-hydrogen) atoms. The molecule has 3 nitrogen and oxygen atoms in total. The SMILES string of the molecule is c1ccc(-c2ccccc2-c2ccc(N(c3ccc(-c4ccc5c(c4)c4ccccc4n5-c4cccc5c4oc4ccccc45)cc3)c3ccc(-c4ccccc4-c4ccccc4)cc3)cc2)cc1. The first-order valence-electron chi connectivity index (χ1n) is 23.6. The van der Waals surface area contributed by atoms with E-state index in [-0.39, 0.29) is 0 Å². The van der Waals surface area contributed by atoms with Gasteiger partial charge in [-0.3, -0.25) is 0 Å². The molecule has 13 rings (SSSR count). The standard InChI is InChI=1S/C66H44N2O/c1-3-16-46(17-4-1)54-20-7-9-22-56(54)48-32-39-52(40-33-48)67(53-41-34-49(35-42-53)57-23-10-8-21-55(57)47-18-5-2-6-19-47)51-37-30-45(31-38-51)50-36-43-63-61(44-50)58-24-11-13-27-62(58)68(63)64-28-15-26-60-59-25-12-14-29-65(59)69-66(60)64/h1-44H. The number of nitrogens with zero attached hydrogens (tertiary/aromatic N) is 2. The molecule has 0 N–H and O–H groups in total. The van der Waals surface area contributed by atoms with E-state index in [1.807, 2.05) is 12.1 Å². The Bertz CT molecular complexity index is 3850. The van der Waals surface area contributed by atoms with Crippen molar-refractivity contribution in [3.05, 3.63) is 267 Å². The van der Waals surface area contributed by atoms with Crippen molar-refractivity contribution < 1.29 is 4.42 Å². The predicted molar refractivity (Wildman–Crippen MR) is 290 cm³/mol. The maximum atomic E-state index is 6.56. The molecule has 0 saturated heterocycles. The van der Waals surface area contributed by atoms with Crippen LogP contribution in [0.2, 0.25) is 0 Å². The molecule has 0 amide bonds. The molecule has 0 aliphatic rings. The van der Waals surface area contributed by atoms with E-state index in [1.54, 1.807) is 0 Å². The van der Waals surface area contributed by atoms with E-state index in [1.165, 1.54) is 55.3 Å². The zero-order chi connectivity index (χ0) is 45.7. The van der Waals surface area contributed by atoms with Gasteiger partial charge in [-0.1, -0.05) is 200 Å². The van der Waals surface area contributed by atoms with Gasteiger partial charge in [0.1, 0.15) is 5.58 Å². The second kappa shape index (κ2) is 16.9. The van der Waals surface area contributed by atoms with Crippen LogP contribution in [0.15, 0.2) is 271 Å². The van der Waals surface area contributed by atoms with Gasteiger partial charge < -0.3 is 13.9 Å². The smallest absolute Gasteiger partial charge is 0.159 e. The minimum Gasteiger partial charge on any atom is -0.454 e. The maximum Gasteiger partial charge on any atom is 0.159 e. The number of hydrogen-bond acceptors (Lipinski definition) is 2. The third-order valence-electron chi connectivity index (χ3n) is 13.7. The summed E-state index contributed by atoms with van der Waals surface area (Å²) < 4.78 is 8.92. The van der Waals surface area contributed by atoms with Crippen LogP contribution in [0.3, 0.4) is 0 Å². The fourth-order valence-electron chi connectivity index (χ4n) is 10.4. The summed E-state index contributed by atoms with van der Waals surface area (Å²) in [5.41, 5.74) is 20.3. The van der Waals surface area contributed by atoms with Gasteiger partial charge in [0.25, 0.3) is 0 Å². The first kappa shape index (κ1) is 40.1. The summed E-state index contributed by atoms with van der Waals surface area (Å²) >= 11 is 0. The van der Waals surface area contributed by atoms with Crippen molar-refractivity contribution in [1.29, 1.82) is 0 Å². The summed E-state index contributed by atoms with van der Waals surface area (Å²) in [4.78, 5) is 2.36. The van der Waals surface area contributed by atoms with Gasteiger partial charge >= 0.3 is 0 Å². The second-order valence-electron chi connectivity index (χ2n) is 17.6. The van der Waals surface area contributed by atoms with E-state index >= 15 is 0 Å². The normalized spacial score (nSPS) is 11.5. The summed E-state index contributed by atoms with van der Waals surface area (Å²) in [7, 11) is 0. The first-order valence-corrected chi connectivity index (χ1v) is 23.6. The van der Waals surface area contributed by atoms with E-state index in [2.05, 4.69) is 264 Å². The molecule has 0 aliphatic heterocycles.